The Morgan fingerprint density at radius 3 is 2.41 bits per heavy atom. The van der Waals surface area contributed by atoms with Crippen LogP contribution in [0.2, 0.25) is 5.02 Å². The van der Waals surface area contributed by atoms with Gasteiger partial charge in [0.15, 0.2) is 5.54 Å². The first-order valence-electron chi connectivity index (χ1n) is 7.92. The van der Waals surface area contributed by atoms with Crippen LogP contribution in [-0.2, 0) is 24.4 Å². The van der Waals surface area contributed by atoms with Crippen LogP contribution in [0, 0.1) is 0 Å². The average Bonchev–Trinajstić information content (AvgIpc) is 2.93. The van der Waals surface area contributed by atoms with Crippen LogP contribution in [0.15, 0.2) is 30.5 Å². The molecule has 0 fully saturated rings. The minimum absolute atomic E-state index is 0.0594. The maximum absolute atomic E-state index is 13.0. The number of benzene rings is 1. The molecule has 27 heavy (non-hydrogen) atoms. The van der Waals surface area contributed by atoms with Crippen molar-refractivity contribution in [3.8, 4) is 5.75 Å². The van der Waals surface area contributed by atoms with E-state index in [1.165, 1.54) is 10.6 Å². The fourth-order valence-corrected chi connectivity index (χ4v) is 3.83. The van der Waals surface area contributed by atoms with Crippen LogP contribution in [0.3, 0.4) is 0 Å². The lowest BCUT2D eigenvalue weighted by Gasteiger charge is -2.31. The number of hydrogen-bond donors (Lipinski definition) is 1. The van der Waals surface area contributed by atoms with E-state index in [4.69, 9.17) is 16.3 Å². The van der Waals surface area contributed by atoms with Crippen LogP contribution >= 0.6 is 11.6 Å². The second-order valence-corrected chi connectivity index (χ2v) is 6.97. The molecule has 0 bridgehead atoms. The van der Waals surface area contributed by atoms with Crippen molar-refractivity contribution in [3.63, 3.8) is 0 Å². The van der Waals surface area contributed by atoms with E-state index < -0.39 is 29.0 Å². The van der Waals surface area contributed by atoms with Crippen molar-refractivity contribution in [2.24, 2.45) is 0 Å². The normalized spacial score (nSPS) is 21.4. The van der Waals surface area contributed by atoms with Gasteiger partial charge in [0.2, 0.25) is 0 Å². The van der Waals surface area contributed by atoms with E-state index in [0.29, 0.717) is 12.0 Å². The lowest BCUT2D eigenvalue weighted by molar-refractivity contribution is -0.679. The Balaban J connectivity index is 1.78. The number of halogens is 7. The van der Waals surface area contributed by atoms with Crippen LogP contribution in [0.25, 0.3) is 0 Å². The second-order valence-electron chi connectivity index (χ2n) is 6.57. The molecular weight excluding hydrogens is 398 g/mol. The Kier molecular flexibility index (Phi) is 3.82. The number of ether oxygens (including phenoxy) is 1. The number of nitrogens with zero attached hydrogens (tertiary/aromatic N) is 1. The summed E-state index contributed by atoms with van der Waals surface area (Å²) in [5.74, 6) is 0.349. The lowest BCUT2D eigenvalue weighted by atomic mass is 9.84. The molecule has 1 aromatic carbocycles. The summed E-state index contributed by atoms with van der Waals surface area (Å²) in [6.07, 6.45) is -7.77. The van der Waals surface area contributed by atoms with Gasteiger partial charge in [-0.1, -0.05) is 17.7 Å². The molecule has 2 aromatic rings. The Morgan fingerprint density at radius 1 is 1.04 bits per heavy atom. The number of rotatable bonds is 0. The molecule has 0 radical (unpaired) electrons. The van der Waals surface area contributed by atoms with Crippen LogP contribution < -0.4 is 14.6 Å². The van der Waals surface area contributed by atoms with Crippen molar-refractivity contribution < 1.29 is 35.6 Å². The minimum atomic E-state index is -4.56. The van der Waals surface area contributed by atoms with Crippen LogP contribution in [0.4, 0.5) is 32.2 Å². The number of anilines is 1. The van der Waals surface area contributed by atoms with E-state index in [1.807, 2.05) is 0 Å². The fourth-order valence-electron chi connectivity index (χ4n) is 3.56. The molecule has 2 aliphatic rings. The lowest BCUT2D eigenvalue weighted by Crippen LogP contribution is -2.43. The van der Waals surface area contributed by atoms with Gasteiger partial charge in [0.25, 0.3) is 5.82 Å². The molecule has 0 saturated carbocycles. The first kappa shape index (κ1) is 18.2. The third-order valence-corrected chi connectivity index (χ3v) is 5.11. The highest BCUT2D eigenvalue weighted by Gasteiger charge is 2.51. The monoisotopic (exact) mass is 409 g/mol. The average molecular weight is 410 g/mol. The van der Waals surface area contributed by atoms with Crippen LogP contribution in [0.1, 0.15) is 23.1 Å². The van der Waals surface area contributed by atoms with Crippen molar-refractivity contribution in [2.75, 3.05) is 11.9 Å². The van der Waals surface area contributed by atoms with Crippen molar-refractivity contribution in [3.05, 3.63) is 52.2 Å². The van der Waals surface area contributed by atoms with E-state index in [0.717, 1.165) is 24.4 Å². The number of nitrogens with one attached hydrogen (secondary N) is 1. The maximum Gasteiger partial charge on any atom is 0.419 e. The molecule has 1 aromatic heterocycles. The third-order valence-electron chi connectivity index (χ3n) is 4.83. The molecule has 0 unspecified atom stereocenters. The highest BCUT2D eigenvalue weighted by atomic mass is 35.5. The Morgan fingerprint density at radius 2 is 1.74 bits per heavy atom. The van der Waals surface area contributed by atoms with Crippen LogP contribution in [-0.4, -0.2) is 6.61 Å². The number of alkyl halides is 6. The van der Waals surface area contributed by atoms with E-state index in [1.54, 1.807) is 0 Å². The summed E-state index contributed by atoms with van der Waals surface area (Å²) in [6, 6.07) is 3.98. The van der Waals surface area contributed by atoms with Gasteiger partial charge in [0.1, 0.15) is 23.5 Å². The summed E-state index contributed by atoms with van der Waals surface area (Å²) >= 11 is 6.03. The van der Waals surface area contributed by atoms with Gasteiger partial charge in [-0.25, -0.2) is 4.57 Å². The molecule has 1 spiro atoms. The molecule has 4 rings (SSSR count). The second kappa shape index (κ2) is 5.67. The first-order chi connectivity index (χ1) is 12.5. The van der Waals surface area contributed by atoms with Gasteiger partial charge in [0, 0.05) is 12.0 Å². The molecule has 1 N–H and O–H groups in total. The number of fused-ring (bicyclic) bond motifs is 3. The summed E-state index contributed by atoms with van der Waals surface area (Å²) in [5, 5.41) is 3.00. The molecule has 0 amide bonds. The molecule has 3 nitrogen and oxygen atoms in total. The molecule has 144 valence electrons. The molecule has 3 heterocycles. The van der Waals surface area contributed by atoms with Gasteiger partial charge in [-0.3, -0.25) is 5.32 Å². The summed E-state index contributed by atoms with van der Waals surface area (Å²) in [6.45, 7) is 0.216. The van der Waals surface area contributed by atoms with Gasteiger partial charge in [-0.15, -0.1) is 0 Å². The molecule has 1 atom stereocenters. The SMILES string of the molecule is FC(F)(F)c1ccc2c(c1)OCC[C@@]21C[n+]2cc(C(F)(F)F)cc(Cl)c2N1. The summed E-state index contributed by atoms with van der Waals surface area (Å²) in [5.41, 5.74) is -2.18. The molecular formula is C17H12ClF6N2O+. The predicted octanol–water partition coefficient (Wildman–Crippen LogP) is 4.77. The third kappa shape index (κ3) is 2.97. The minimum Gasteiger partial charge on any atom is -0.493 e. The van der Waals surface area contributed by atoms with Gasteiger partial charge >= 0.3 is 12.4 Å². The smallest absolute Gasteiger partial charge is 0.419 e. The van der Waals surface area contributed by atoms with Crippen molar-refractivity contribution in [1.29, 1.82) is 0 Å². The van der Waals surface area contributed by atoms with E-state index in [-0.39, 0.29) is 29.7 Å². The zero-order chi connectivity index (χ0) is 19.6. The number of hydrogen-bond acceptors (Lipinski definition) is 2. The topological polar surface area (TPSA) is 25.1 Å². The highest BCUT2D eigenvalue weighted by Crippen LogP contribution is 2.46. The van der Waals surface area contributed by atoms with Crippen molar-refractivity contribution >= 4 is 17.4 Å². The molecule has 0 saturated heterocycles. The van der Waals surface area contributed by atoms with Gasteiger partial charge in [-0.05, 0) is 18.2 Å². The van der Waals surface area contributed by atoms with Crippen molar-refractivity contribution in [1.82, 2.24) is 0 Å². The Hall–Kier alpha value is -2.16. The van der Waals surface area contributed by atoms with Crippen molar-refractivity contribution in [2.45, 2.75) is 30.9 Å². The van der Waals surface area contributed by atoms with Gasteiger partial charge in [-0.2, -0.15) is 26.3 Å². The fraction of sp³-hybridized carbons (Fsp3) is 0.353. The highest BCUT2D eigenvalue weighted by molar-refractivity contribution is 6.32. The summed E-state index contributed by atoms with van der Waals surface area (Å²) in [7, 11) is 0. The van der Waals surface area contributed by atoms with E-state index in [9.17, 15) is 26.3 Å². The Bertz CT molecular complexity index is 927. The largest absolute Gasteiger partial charge is 0.493 e. The van der Waals surface area contributed by atoms with Gasteiger partial charge in [0.05, 0.1) is 17.7 Å². The van der Waals surface area contributed by atoms with Crippen LogP contribution in [0.5, 0.6) is 5.75 Å². The Labute approximate surface area is 154 Å². The predicted molar refractivity (Wildman–Crippen MR) is 83.5 cm³/mol. The zero-order valence-corrected chi connectivity index (χ0v) is 14.3. The summed E-state index contributed by atoms with van der Waals surface area (Å²) < 4.78 is 84.7. The standard InChI is InChI=1S/C17H11ClF6N2O/c18-12-5-10(17(22,23)24)7-26-8-15(25-14(12)26)3-4-27-13-6-9(16(19,20)21)1-2-11(13)15/h1-2,5-7H,3-4,8H2/p+1/t15-/m1/s1. The van der Waals surface area contributed by atoms with E-state index in [2.05, 4.69) is 5.32 Å². The number of aromatic nitrogens is 1. The zero-order valence-electron chi connectivity index (χ0n) is 13.5. The molecule has 2 aliphatic heterocycles. The van der Waals surface area contributed by atoms with E-state index >= 15 is 0 Å². The van der Waals surface area contributed by atoms with Gasteiger partial charge < -0.3 is 4.74 Å². The maximum atomic E-state index is 13.0. The number of pyridine rings is 1. The molecule has 0 aliphatic carbocycles. The molecule has 10 heteroatoms. The first-order valence-corrected chi connectivity index (χ1v) is 8.30. The quantitative estimate of drug-likeness (QED) is 0.501. The summed E-state index contributed by atoms with van der Waals surface area (Å²) in [4.78, 5) is 0.